The number of fused-ring (bicyclic) bond motifs is 1. The third-order valence-corrected chi connectivity index (χ3v) is 5.60. The van der Waals surface area contributed by atoms with Crippen LogP contribution in [0.2, 0.25) is 0 Å². The van der Waals surface area contributed by atoms with E-state index in [2.05, 4.69) is 10.9 Å². The van der Waals surface area contributed by atoms with Gasteiger partial charge in [-0.1, -0.05) is 12.1 Å². The topological polar surface area (TPSA) is 123 Å². The smallest absolute Gasteiger partial charge is 0.311 e. The molecule has 0 aromatic heterocycles. The zero-order valence-corrected chi connectivity index (χ0v) is 18.7. The Morgan fingerprint density at radius 1 is 1.03 bits per heavy atom. The maximum absolute atomic E-state index is 13.1. The molecule has 0 bridgehead atoms. The molecule has 184 valence electrons. The molecule has 3 amide bonds. The van der Waals surface area contributed by atoms with Crippen LogP contribution in [0.25, 0.3) is 0 Å². The van der Waals surface area contributed by atoms with Crippen molar-refractivity contribution in [3.05, 3.63) is 59.9 Å². The summed E-state index contributed by atoms with van der Waals surface area (Å²) in [6, 6.07) is 12.1. The zero-order valence-electron chi connectivity index (χ0n) is 18.7. The highest BCUT2D eigenvalue weighted by Crippen LogP contribution is 2.30. The molecule has 0 saturated carbocycles. The third kappa shape index (κ3) is 6.05. The van der Waals surface area contributed by atoms with Crippen LogP contribution in [0.3, 0.4) is 0 Å². The van der Waals surface area contributed by atoms with Gasteiger partial charge in [0.1, 0.15) is 12.4 Å². The van der Waals surface area contributed by atoms with Crippen molar-refractivity contribution in [3.8, 4) is 11.5 Å². The van der Waals surface area contributed by atoms with E-state index < -0.39 is 42.2 Å². The van der Waals surface area contributed by atoms with Gasteiger partial charge in [0.25, 0.3) is 17.7 Å². The van der Waals surface area contributed by atoms with E-state index in [0.29, 0.717) is 36.4 Å². The average Bonchev–Trinajstić information content (AvgIpc) is 2.90. The molecule has 1 fully saturated rings. The van der Waals surface area contributed by atoms with Crippen LogP contribution in [0.15, 0.2) is 48.5 Å². The first-order valence-electron chi connectivity index (χ1n) is 11.1. The number of likely N-dealkylation sites (tertiary alicyclic amines) is 1. The number of piperidine rings is 1. The van der Waals surface area contributed by atoms with Gasteiger partial charge in [-0.15, -0.1) is 0 Å². The number of nitrogens with zero attached hydrogens (tertiary/aromatic N) is 1. The molecule has 1 saturated heterocycles. The number of halogens is 1. The van der Waals surface area contributed by atoms with E-state index >= 15 is 0 Å². The molecule has 2 heterocycles. The Kier molecular flexibility index (Phi) is 7.44. The molecule has 0 radical (unpaired) electrons. The number of esters is 1. The highest BCUT2D eigenvalue weighted by atomic mass is 19.1. The van der Waals surface area contributed by atoms with E-state index in [9.17, 15) is 23.6 Å². The highest BCUT2D eigenvalue weighted by Gasteiger charge is 2.31. The number of ether oxygens (including phenoxy) is 3. The number of hydrogen-bond donors (Lipinski definition) is 2. The van der Waals surface area contributed by atoms with Crippen LogP contribution < -0.4 is 20.3 Å². The minimum absolute atomic E-state index is 0.0253. The van der Waals surface area contributed by atoms with E-state index in [1.165, 1.54) is 29.2 Å². The molecular weight excluding hydrogens is 461 g/mol. The first-order valence-corrected chi connectivity index (χ1v) is 11.1. The molecule has 35 heavy (non-hydrogen) atoms. The summed E-state index contributed by atoms with van der Waals surface area (Å²) in [5.41, 5.74) is 4.71. The van der Waals surface area contributed by atoms with Gasteiger partial charge in [-0.2, -0.15) is 0 Å². The number of nitrogens with one attached hydrogen (secondary N) is 2. The summed E-state index contributed by atoms with van der Waals surface area (Å²) in [5, 5.41) is 0. The van der Waals surface area contributed by atoms with Gasteiger partial charge in [-0.3, -0.25) is 30.0 Å². The number of hydrazine groups is 1. The van der Waals surface area contributed by atoms with Crippen molar-refractivity contribution in [2.24, 2.45) is 5.92 Å². The van der Waals surface area contributed by atoms with Crippen molar-refractivity contribution in [3.63, 3.8) is 0 Å². The number of benzene rings is 2. The average molecular weight is 485 g/mol. The van der Waals surface area contributed by atoms with Gasteiger partial charge in [0.05, 0.1) is 5.92 Å². The molecule has 2 aliphatic heterocycles. The molecule has 2 N–H and O–H groups in total. The summed E-state index contributed by atoms with van der Waals surface area (Å²) in [7, 11) is 0. The van der Waals surface area contributed by atoms with E-state index in [1.807, 2.05) is 0 Å². The fourth-order valence-electron chi connectivity index (χ4n) is 3.78. The molecule has 2 aromatic rings. The predicted octanol–water partition coefficient (Wildman–Crippen LogP) is 1.21. The molecular formula is C24H24FN3O7. The quantitative estimate of drug-likeness (QED) is 0.482. The monoisotopic (exact) mass is 485 g/mol. The summed E-state index contributed by atoms with van der Waals surface area (Å²) >= 11 is 0. The SMILES string of the molecule is O=C(COC(=O)C1CCCN(C(=O)c2ccc(F)cc2)C1)NNC(=O)C1COc2ccccc2O1. The molecule has 10 nitrogen and oxygen atoms in total. The molecule has 4 rings (SSSR count). The summed E-state index contributed by atoms with van der Waals surface area (Å²) in [6.45, 7) is -0.0350. The van der Waals surface area contributed by atoms with Crippen LogP contribution >= 0.6 is 0 Å². The van der Waals surface area contributed by atoms with Crippen molar-refractivity contribution >= 4 is 23.7 Å². The van der Waals surface area contributed by atoms with E-state index in [1.54, 1.807) is 24.3 Å². The Morgan fingerprint density at radius 3 is 2.54 bits per heavy atom. The van der Waals surface area contributed by atoms with E-state index in [-0.39, 0.29) is 19.1 Å². The number of para-hydroxylation sites is 2. The Balaban J connectivity index is 1.19. The Bertz CT molecular complexity index is 1110. The Morgan fingerprint density at radius 2 is 1.77 bits per heavy atom. The second-order valence-electron chi connectivity index (χ2n) is 8.11. The van der Waals surface area contributed by atoms with Crippen molar-refractivity contribution in [1.29, 1.82) is 0 Å². The standard InChI is InChI=1S/C24H24FN3O7/c25-17-9-7-15(8-10-17)23(31)28-11-3-4-16(12-28)24(32)34-14-21(29)26-27-22(30)20-13-33-18-5-1-2-6-19(18)35-20/h1-2,5-10,16,20H,3-4,11-14H2,(H,26,29)(H,27,30). The largest absolute Gasteiger partial charge is 0.485 e. The molecule has 0 spiro atoms. The third-order valence-electron chi connectivity index (χ3n) is 5.60. The lowest BCUT2D eigenvalue weighted by Gasteiger charge is -2.31. The van der Waals surface area contributed by atoms with Crippen LogP contribution in [-0.2, 0) is 19.1 Å². The zero-order chi connectivity index (χ0) is 24.8. The lowest BCUT2D eigenvalue weighted by atomic mass is 9.97. The first kappa shape index (κ1) is 24.0. The van der Waals surface area contributed by atoms with Crippen molar-refractivity contribution in [2.75, 3.05) is 26.3 Å². The van der Waals surface area contributed by atoms with Gasteiger partial charge in [0.15, 0.2) is 18.1 Å². The number of rotatable bonds is 5. The van der Waals surface area contributed by atoms with Crippen LogP contribution in [0.1, 0.15) is 23.2 Å². The lowest BCUT2D eigenvalue weighted by Crippen LogP contribution is -2.51. The maximum atomic E-state index is 13.1. The maximum Gasteiger partial charge on any atom is 0.311 e. The minimum Gasteiger partial charge on any atom is -0.485 e. The van der Waals surface area contributed by atoms with E-state index in [0.717, 1.165) is 0 Å². The van der Waals surface area contributed by atoms with Crippen molar-refractivity contribution in [1.82, 2.24) is 15.8 Å². The molecule has 2 atom stereocenters. The number of carbonyl (C=O) groups excluding carboxylic acids is 4. The Labute approximate surface area is 200 Å². The van der Waals surface area contributed by atoms with Crippen molar-refractivity contribution < 1.29 is 37.8 Å². The molecule has 2 aromatic carbocycles. The number of carbonyl (C=O) groups is 4. The second kappa shape index (κ2) is 10.9. The highest BCUT2D eigenvalue weighted by molar-refractivity contribution is 5.94. The fraction of sp³-hybridized carbons (Fsp3) is 0.333. The van der Waals surface area contributed by atoms with E-state index in [4.69, 9.17) is 14.2 Å². The molecule has 2 unspecified atom stereocenters. The Hall–Kier alpha value is -4.15. The van der Waals surface area contributed by atoms with Crippen LogP contribution in [0.5, 0.6) is 11.5 Å². The molecule has 11 heteroatoms. The minimum atomic E-state index is -0.959. The van der Waals surface area contributed by atoms with Crippen LogP contribution in [-0.4, -0.2) is 61.0 Å². The summed E-state index contributed by atoms with van der Waals surface area (Å²) in [6.07, 6.45) is 0.131. The predicted molar refractivity (Wildman–Crippen MR) is 119 cm³/mol. The van der Waals surface area contributed by atoms with Crippen LogP contribution in [0.4, 0.5) is 4.39 Å². The molecule has 0 aliphatic carbocycles. The van der Waals surface area contributed by atoms with Gasteiger partial charge in [-0.25, -0.2) is 4.39 Å². The summed E-state index contributed by atoms with van der Waals surface area (Å²) in [5.74, 6) is -2.39. The normalized spacial score (nSPS) is 18.8. The lowest BCUT2D eigenvalue weighted by molar-refractivity contribution is -0.154. The van der Waals surface area contributed by atoms with Gasteiger partial charge in [0, 0.05) is 18.7 Å². The van der Waals surface area contributed by atoms with Gasteiger partial charge in [0.2, 0.25) is 6.10 Å². The number of hydrogen-bond acceptors (Lipinski definition) is 7. The van der Waals surface area contributed by atoms with Gasteiger partial charge in [-0.05, 0) is 49.2 Å². The first-order chi connectivity index (χ1) is 16.9. The second-order valence-corrected chi connectivity index (χ2v) is 8.11. The van der Waals surface area contributed by atoms with Crippen molar-refractivity contribution in [2.45, 2.75) is 18.9 Å². The van der Waals surface area contributed by atoms with Gasteiger partial charge < -0.3 is 19.1 Å². The summed E-state index contributed by atoms with van der Waals surface area (Å²) in [4.78, 5) is 50.8. The van der Waals surface area contributed by atoms with Gasteiger partial charge >= 0.3 is 5.97 Å². The molecule has 2 aliphatic rings. The fourth-order valence-corrected chi connectivity index (χ4v) is 3.78. The number of amides is 3. The van der Waals surface area contributed by atoms with Crippen LogP contribution in [0, 0.1) is 11.7 Å². The summed E-state index contributed by atoms with van der Waals surface area (Å²) < 4.78 is 29.2.